The molecule has 94 valence electrons. The normalized spacial score (nSPS) is 23.4. The van der Waals surface area contributed by atoms with Crippen LogP contribution in [0.3, 0.4) is 0 Å². The Bertz CT molecular complexity index is 403. The van der Waals surface area contributed by atoms with Crippen LogP contribution in [0.25, 0.3) is 0 Å². The molecule has 1 unspecified atom stereocenters. The first-order valence-electron chi connectivity index (χ1n) is 6.13. The lowest BCUT2D eigenvalue weighted by molar-refractivity contribution is -0.0553. The highest BCUT2D eigenvalue weighted by Gasteiger charge is 2.28. The van der Waals surface area contributed by atoms with E-state index in [1.165, 1.54) is 11.3 Å². The lowest BCUT2D eigenvalue weighted by Crippen LogP contribution is -2.40. The third-order valence-electron chi connectivity index (χ3n) is 3.25. The number of aryl methyl sites for hydroxylation is 1. The van der Waals surface area contributed by atoms with Crippen LogP contribution in [0.1, 0.15) is 32.3 Å². The summed E-state index contributed by atoms with van der Waals surface area (Å²) in [5.74, 6) is 0. The first kappa shape index (κ1) is 12.9. The molecule has 1 heterocycles. The maximum atomic E-state index is 5.74. The molecule has 1 aromatic rings. The molecule has 0 saturated carbocycles. The fraction of sp³-hybridized carbons (Fsp3) is 0.571. The van der Waals surface area contributed by atoms with Gasteiger partial charge in [-0.2, -0.15) is 0 Å². The van der Waals surface area contributed by atoms with Crippen LogP contribution in [0.4, 0.5) is 5.69 Å². The van der Waals surface area contributed by atoms with Gasteiger partial charge in [0.15, 0.2) is 0 Å². The van der Waals surface area contributed by atoms with Gasteiger partial charge < -0.3 is 10.1 Å². The quantitative estimate of drug-likeness (QED) is 0.886. The Morgan fingerprint density at radius 3 is 2.82 bits per heavy atom. The van der Waals surface area contributed by atoms with Gasteiger partial charge in [0.25, 0.3) is 0 Å². The Morgan fingerprint density at radius 1 is 1.41 bits per heavy atom. The third-order valence-corrected chi connectivity index (χ3v) is 3.74. The highest BCUT2D eigenvalue weighted by Crippen LogP contribution is 2.28. The van der Waals surface area contributed by atoms with E-state index in [-0.39, 0.29) is 5.60 Å². The SMILES string of the molecule is Cc1cc(Br)ccc1NC1CCOC(C)(C)C1. The second-order valence-electron chi connectivity index (χ2n) is 5.40. The van der Waals surface area contributed by atoms with Gasteiger partial charge >= 0.3 is 0 Å². The van der Waals surface area contributed by atoms with Gasteiger partial charge in [0.1, 0.15) is 0 Å². The lowest BCUT2D eigenvalue weighted by Gasteiger charge is -2.36. The van der Waals surface area contributed by atoms with Gasteiger partial charge in [0, 0.05) is 22.8 Å². The number of benzene rings is 1. The monoisotopic (exact) mass is 297 g/mol. The summed E-state index contributed by atoms with van der Waals surface area (Å²) in [6, 6.07) is 6.88. The largest absolute Gasteiger partial charge is 0.382 e. The van der Waals surface area contributed by atoms with Crippen molar-refractivity contribution in [2.75, 3.05) is 11.9 Å². The van der Waals surface area contributed by atoms with E-state index >= 15 is 0 Å². The van der Waals surface area contributed by atoms with Gasteiger partial charge in [-0.25, -0.2) is 0 Å². The lowest BCUT2D eigenvalue weighted by atomic mass is 9.93. The van der Waals surface area contributed by atoms with Gasteiger partial charge in [0.2, 0.25) is 0 Å². The van der Waals surface area contributed by atoms with E-state index in [4.69, 9.17) is 4.74 Å². The molecule has 0 amide bonds. The van der Waals surface area contributed by atoms with Crippen molar-refractivity contribution in [3.8, 4) is 0 Å². The van der Waals surface area contributed by atoms with Gasteiger partial charge in [-0.1, -0.05) is 15.9 Å². The first-order chi connectivity index (χ1) is 7.96. The Morgan fingerprint density at radius 2 is 2.18 bits per heavy atom. The molecule has 1 fully saturated rings. The predicted molar refractivity (Wildman–Crippen MR) is 75.6 cm³/mol. The molecule has 0 radical (unpaired) electrons. The molecule has 0 aromatic heterocycles. The van der Waals surface area contributed by atoms with Crippen molar-refractivity contribution < 1.29 is 4.74 Å². The van der Waals surface area contributed by atoms with E-state index in [2.05, 4.69) is 60.2 Å². The summed E-state index contributed by atoms with van der Waals surface area (Å²) < 4.78 is 6.87. The molecule has 17 heavy (non-hydrogen) atoms. The molecule has 2 rings (SSSR count). The fourth-order valence-corrected chi connectivity index (χ4v) is 2.84. The molecule has 3 heteroatoms. The van der Waals surface area contributed by atoms with Crippen LogP contribution >= 0.6 is 15.9 Å². The van der Waals surface area contributed by atoms with E-state index in [1.807, 2.05) is 0 Å². The van der Waals surface area contributed by atoms with Crippen LogP contribution in [0, 0.1) is 6.92 Å². The summed E-state index contributed by atoms with van der Waals surface area (Å²) >= 11 is 3.49. The molecule has 1 aromatic carbocycles. The number of rotatable bonds is 2. The molecule has 1 atom stereocenters. The zero-order valence-corrected chi connectivity index (χ0v) is 12.3. The third kappa shape index (κ3) is 3.46. The Labute approximate surface area is 112 Å². The van der Waals surface area contributed by atoms with Crippen molar-refractivity contribution in [3.63, 3.8) is 0 Å². The number of anilines is 1. The second kappa shape index (κ2) is 4.99. The maximum Gasteiger partial charge on any atom is 0.0646 e. The molecule has 0 aliphatic carbocycles. The summed E-state index contributed by atoms with van der Waals surface area (Å²) in [6.07, 6.45) is 2.14. The molecular formula is C14H20BrNO. The number of hydrogen-bond donors (Lipinski definition) is 1. The average Bonchev–Trinajstić information content (AvgIpc) is 2.21. The zero-order valence-electron chi connectivity index (χ0n) is 10.7. The van der Waals surface area contributed by atoms with Crippen LogP contribution in [0.15, 0.2) is 22.7 Å². The molecule has 1 aliphatic rings. The van der Waals surface area contributed by atoms with Crippen molar-refractivity contribution in [2.24, 2.45) is 0 Å². The van der Waals surface area contributed by atoms with Gasteiger partial charge in [0.05, 0.1) is 5.60 Å². The summed E-state index contributed by atoms with van der Waals surface area (Å²) in [7, 11) is 0. The van der Waals surface area contributed by atoms with Crippen molar-refractivity contribution in [2.45, 2.75) is 45.3 Å². The standard InChI is InChI=1S/C14H20BrNO/c1-10-8-11(15)4-5-13(10)16-12-6-7-17-14(2,3)9-12/h4-5,8,12,16H,6-7,9H2,1-3H3. The molecule has 1 N–H and O–H groups in total. The van der Waals surface area contributed by atoms with E-state index < -0.39 is 0 Å². The van der Waals surface area contributed by atoms with Crippen LogP contribution in [0.5, 0.6) is 0 Å². The van der Waals surface area contributed by atoms with Crippen LogP contribution < -0.4 is 5.32 Å². The Balaban J connectivity index is 2.05. The predicted octanol–water partition coefficient (Wildman–Crippen LogP) is 4.13. The van der Waals surface area contributed by atoms with Crippen LogP contribution in [0.2, 0.25) is 0 Å². The fourth-order valence-electron chi connectivity index (χ4n) is 2.36. The highest BCUT2D eigenvalue weighted by molar-refractivity contribution is 9.10. The van der Waals surface area contributed by atoms with E-state index in [0.717, 1.165) is 23.9 Å². The minimum absolute atomic E-state index is 0.000808. The van der Waals surface area contributed by atoms with Gasteiger partial charge in [-0.3, -0.25) is 0 Å². The number of halogens is 1. The minimum atomic E-state index is -0.000808. The molecule has 0 spiro atoms. The van der Waals surface area contributed by atoms with Crippen molar-refractivity contribution in [1.82, 2.24) is 0 Å². The summed E-state index contributed by atoms with van der Waals surface area (Å²) in [4.78, 5) is 0. The number of nitrogens with one attached hydrogen (secondary N) is 1. The van der Waals surface area contributed by atoms with E-state index in [9.17, 15) is 0 Å². The Kier molecular flexibility index (Phi) is 3.79. The molecule has 1 saturated heterocycles. The highest BCUT2D eigenvalue weighted by atomic mass is 79.9. The minimum Gasteiger partial charge on any atom is -0.382 e. The summed E-state index contributed by atoms with van der Waals surface area (Å²) in [5.41, 5.74) is 2.51. The van der Waals surface area contributed by atoms with Gasteiger partial charge in [-0.05, 0) is 57.4 Å². The molecular weight excluding hydrogens is 278 g/mol. The molecule has 2 nitrogen and oxygen atoms in total. The number of hydrogen-bond acceptors (Lipinski definition) is 2. The Hall–Kier alpha value is -0.540. The topological polar surface area (TPSA) is 21.3 Å². The van der Waals surface area contributed by atoms with Crippen LogP contribution in [-0.2, 0) is 4.74 Å². The van der Waals surface area contributed by atoms with Crippen LogP contribution in [-0.4, -0.2) is 18.2 Å². The maximum absolute atomic E-state index is 5.74. The average molecular weight is 298 g/mol. The van der Waals surface area contributed by atoms with E-state index in [0.29, 0.717) is 6.04 Å². The summed E-state index contributed by atoms with van der Waals surface area (Å²) in [5, 5.41) is 3.63. The van der Waals surface area contributed by atoms with Gasteiger partial charge in [-0.15, -0.1) is 0 Å². The second-order valence-corrected chi connectivity index (χ2v) is 6.32. The summed E-state index contributed by atoms with van der Waals surface area (Å²) in [6.45, 7) is 7.31. The molecule has 0 bridgehead atoms. The van der Waals surface area contributed by atoms with Crippen molar-refractivity contribution in [3.05, 3.63) is 28.2 Å². The van der Waals surface area contributed by atoms with Crippen molar-refractivity contribution >= 4 is 21.6 Å². The first-order valence-corrected chi connectivity index (χ1v) is 6.92. The van der Waals surface area contributed by atoms with E-state index in [1.54, 1.807) is 0 Å². The molecule has 1 aliphatic heterocycles. The number of ether oxygens (including phenoxy) is 1. The van der Waals surface area contributed by atoms with Crippen molar-refractivity contribution in [1.29, 1.82) is 0 Å². The smallest absolute Gasteiger partial charge is 0.0646 e. The zero-order chi connectivity index (χ0) is 12.5.